The van der Waals surface area contributed by atoms with E-state index < -0.39 is 0 Å². The number of likely N-dealkylation sites (tertiary alicyclic amines) is 1. The molecule has 1 aromatic carbocycles. The van der Waals surface area contributed by atoms with Gasteiger partial charge in [0.15, 0.2) is 0 Å². The third-order valence-electron chi connectivity index (χ3n) is 5.54. The monoisotopic (exact) mass is 286 g/mol. The molecule has 2 saturated heterocycles. The van der Waals surface area contributed by atoms with Gasteiger partial charge < -0.3 is 15.0 Å². The molecule has 0 bridgehead atoms. The average Bonchev–Trinajstić information content (AvgIpc) is 2.55. The number of nitrogens with zero attached hydrogens (tertiary/aromatic N) is 1. The summed E-state index contributed by atoms with van der Waals surface area (Å²) in [6.07, 6.45) is 5.27. The number of rotatable bonds is 2. The van der Waals surface area contributed by atoms with E-state index in [1.165, 1.54) is 57.4 Å². The van der Waals surface area contributed by atoms with Crippen LogP contribution in [0, 0.1) is 5.92 Å². The molecule has 3 aliphatic rings. The van der Waals surface area contributed by atoms with Crippen LogP contribution in [0.15, 0.2) is 24.3 Å². The van der Waals surface area contributed by atoms with E-state index in [1.54, 1.807) is 0 Å². The Kier molecular flexibility index (Phi) is 3.87. The minimum absolute atomic E-state index is 0.656. The molecule has 3 nitrogen and oxygen atoms in total. The van der Waals surface area contributed by atoms with Gasteiger partial charge in [-0.15, -0.1) is 0 Å². The molecule has 114 valence electrons. The van der Waals surface area contributed by atoms with Gasteiger partial charge in [0, 0.05) is 25.0 Å². The summed E-state index contributed by atoms with van der Waals surface area (Å²) in [7, 11) is 0. The molecule has 0 radical (unpaired) electrons. The molecule has 3 heteroatoms. The van der Waals surface area contributed by atoms with Crippen LogP contribution in [0.2, 0.25) is 0 Å². The van der Waals surface area contributed by atoms with Gasteiger partial charge in [0.2, 0.25) is 0 Å². The van der Waals surface area contributed by atoms with Crippen LogP contribution in [0.25, 0.3) is 0 Å². The van der Waals surface area contributed by atoms with Gasteiger partial charge in [0.1, 0.15) is 5.75 Å². The van der Waals surface area contributed by atoms with Crippen molar-refractivity contribution in [3.8, 4) is 5.75 Å². The Morgan fingerprint density at radius 2 is 2.14 bits per heavy atom. The van der Waals surface area contributed by atoms with E-state index in [2.05, 4.69) is 34.5 Å². The van der Waals surface area contributed by atoms with Crippen LogP contribution in [0.5, 0.6) is 5.75 Å². The van der Waals surface area contributed by atoms with Crippen LogP contribution in [-0.4, -0.2) is 43.7 Å². The molecule has 1 aromatic rings. The second-order valence-corrected chi connectivity index (χ2v) is 6.88. The molecule has 3 heterocycles. The third-order valence-corrected chi connectivity index (χ3v) is 5.54. The van der Waals surface area contributed by atoms with Crippen LogP contribution in [0.4, 0.5) is 0 Å². The smallest absolute Gasteiger partial charge is 0.122 e. The molecule has 3 unspecified atom stereocenters. The summed E-state index contributed by atoms with van der Waals surface area (Å²) in [6, 6.07) is 9.41. The Balaban J connectivity index is 1.43. The van der Waals surface area contributed by atoms with Crippen LogP contribution < -0.4 is 10.1 Å². The molecule has 2 fully saturated rings. The molecule has 0 aromatic heterocycles. The van der Waals surface area contributed by atoms with Gasteiger partial charge in [0.05, 0.1) is 6.61 Å². The molecular formula is C18H26N2O. The molecule has 0 amide bonds. The van der Waals surface area contributed by atoms with Crippen molar-refractivity contribution in [3.63, 3.8) is 0 Å². The molecular weight excluding hydrogens is 260 g/mol. The minimum Gasteiger partial charge on any atom is -0.493 e. The first kappa shape index (κ1) is 13.6. The van der Waals surface area contributed by atoms with Gasteiger partial charge in [-0.1, -0.05) is 18.2 Å². The molecule has 3 atom stereocenters. The van der Waals surface area contributed by atoms with Crippen LogP contribution in [0.3, 0.4) is 0 Å². The second-order valence-electron chi connectivity index (χ2n) is 6.88. The Labute approximate surface area is 127 Å². The number of hydrogen-bond donors (Lipinski definition) is 1. The number of fused-ring (bicyclic) bond motifs is 2. The van der Waals surface area contributed by atoms with Crippen LogP contribution in [0.1, 0.15) is 37.2 Å². The molecule has 21 heavy (non-hydrogen) atoms. The summed E-state index contributed by atoms with van der Waals surface area (Å²) in [6.45, 7) is 5.87. The molecule has 0 aliphatic carbocycles. The van der Waals surface area contributed by atoms with E-state index in [4.69, 9.17) is 4.74 Å². The zero-order valence-electron chi connectivity index (χ0n) is 12.8. The van der Waals surface area contributed by atoms with E-state index in [9.17, 15) is 0 Å². The molecule has 0 saturated carbocycles. The predicted octanol–water partition coefficient (Wildman–Crippen LogP) is 2.63. The number of ether oxygens (including phenoxy) is 1. The van der Waals surface area contributed by atoms with Gasteiger partial charge in [0.25, 0.3) is 0 Å². The fraction of sp³-hybridized carbons (Fsp3) is 0.667. The number of nitrogens with one attached hydrogen (secondary N) is 1. The van der Waals surface area contributed by atoms with Gasteiger partial charge in [-0.05, 0) is 56.3 Å². The van der Waals surface area contributed by atoms with E-state index in [0.717, 1.165) is 24.3 Å². The van der Waals surface area contributed by atoms with Gasteiger partial charge in [-0.25, -0.2) is 0 Å². The first-order valence-electron chi connectivity index (χ1n) is 8.57. The van der Waals surface area contributed by atoms with Gasteiger partial charge >= 0.3 is 0 Å². The first-order valence-corrected chi connectivity index (χ1v) is 8.57. The fourth-order valence-electron chi connectivity index (χ4n) is 4.40. The highest BCUT2D eigenvalue weighted by Crippen LogP contribution is 2.35. The van der Waals surface area contributed by atoms with E-state index in [1.807, 2.05) is 0 Å². The van der Waals surface area contributed by atoms with Crippen molar-refractivity contribution in [2.24, 2.45) is 5.92 Å². The van der Waals surface area contributed by atoms with E-state index >= 15 is 0 Å². The van der Waals surface area contributed by atoms with Crippen molar-refractivity contribution in [1.82, 2.24) is 10.2 Å². The van der Waals surface area contributed by atoms with Crippen molar-refractivity contribution >= 4 is 0 Å². The molecule has 3 aliphatic heterocycles. The second kappa shape index (κ2) is 5.98. The van der Waals surface area contributed by atoms with Gasteiger partial charge in [-0.3, -0.25) is 0 Å². The Hall–Kier alpha value is -1.06. The zero-order chi connectivity index (χ0) is 14.1. The molecule has 4 rings (SSSR count). The summed E-state index contributed by atoms with van der Waals surface area (Å²) in [4.78, 5) is 2.71. The largest absolute Gasteiger partial charge is 0.493 e. The summed E-state index contributed by atoms with van der Waals surface area (Å²) in [5.74, 6) is 2.65. The number of hydrogen-bond acceptors (Lipinski definition) is 3. The number of piperidine rings is 2. The third kappa shape index (κ3) is 2.82. The highest BCUT2D eigenvalue weighted by Gasteiger charge is 2.32. The Morgan fingerprint density at radius 1 is 1.19 bits per heavy atom. The molecule has 0 spiro atoms. The lowest BCUT2D eigenvalue weighted by Crippen LogP contribution is -2.52. The normalized spacial score (nSPS) is 32.9. The van der Waals surface area contributed by atoms with E-state index in [-0.39, 0.29) is 0 Å². The zero-order valence-corrected chi connectivity index (χ0v) is 12.8. The van der Waals surface area contributed by atoms with Crippen LogP contribution in [-0.2, 0) is 0 Å². The van der Waals surface area contributed by atoms with Crippen LogP contribution >= 0.6 is 0 Å². The lowest BCUT2D eigenvalue weighted by Gasteiger charge is -2.43. The average molecular weight is 286 g/mol. The topological polar surface area (TPSA) is 24.5 Å². The van der Waals surface area contributed by atoms with Crippen molar-refractivity contribution < 1.29 is 4.74 Å². The summed E-state index contributed by atoms with van der Waals surface area (Å²) in [5.41, 5.74) is 1.42. The number of benzene rings is 1. The summed E-state index contributed by atoms with van der Waals surface area (Å²) >= 11 is 0. The van der Waals surface area contributed by atoms with Gasteiger partial charge in [-0.2, -0.15) is 0 Å². The fourth-order valence-corrected chi connectivity index (χ4v) is 4.40. The first-order chi connectivity index (χ1) is 10.4. The Bertz CT molecular complexity index is 490. The molecule has 1 N–H and O–H groups in total. The predicted molar refractivity (Wildman–Crippen MR) is 84.9 cm³/mol. The van der Waals surface area contributed by atoms with Crippen molar-refractivity contribution in [1.29, 1.82) is 0 Å². The standard InChI is InChI=1S/C18H26N2O/c1-2-6-18-16(5-1)14(8-11-21-18)12-20-10-7-17-15(13-20)4-3-9-19-17/h1-2,5-6,14-15,17,19H,3-4,7-13H2. The summed E-state index contributed by atoms with van der Waals surface area (Å²) < 4.78 is 5.80. The van der Waals surface area contributed by atoms with E-state index in [0.29, 0.717) is 5.92 Å². The maximum Gasteiger partial charge on any atom is 0.122 e. The van der Waals surface area contributed by atoms with Crippen molar-refractivity contribution in [2.75, 3.05) is 32.8 Å². The minimum atomic E-state index is 0.656. The maximum atomic E-state index is 5.80. The lowest BCUT2D eigenvalue weighted by molar-refractivity contribution is 0.103. The maximum absolute atomic E-state index is 5.80. The Morgan fingerprint density at radius 3 is 3.14 bits per heavy atom. The summed E-state index contributed by atoms with van der Waals surface area (Å²) in [5, 5.41) is 3.71. The quantitative estimate of drug-likeness (QED) is 0.904. The highest BCUT2D eigenvalue weighted by atomic mass is 16.5. The highest BCUT2D eigenvalue weighted by molar-refractivity contribution is 5.37. The SMILES string of the molecule is c1ccc2c(c1)OCCC2CN1CCC2NCCCC2C1. The van der Waals surface area contributed by atoms with Crippen molar-refractivity contribution in [3.05, 3.63) is 29.8 Å². The lowest BCUT2D eigenvalue weighted by atomic mass is 9.84. The number of para-hydroxylation sites is 1. The van der Waals surface area contributed by atoms with Crippen molar-refractivity contribution in [2.45, 2.75) is 37.6 Å².